The summed E-state index contributed by atoms with van der Waals surface area (Å²) < 4.78 is 28.6. The number of halogens is 2. The number of carbonyl (C=O) groups excluding carboxylic acids is 1. The Morgan fingerprint density at radius 2 is 1.54 bits per heavy atom. The monoisotopic (exact) mass is 585 g/mol. The van der Waals surface area contributed by atoms with Crippen LogP contribution >= 0.6 is 27.5 Å². The number of nitrogens with zero attached hydrogens (tertiary/aromatic N) is 1. The molecule has 10 heteroatoms. The van der Waals surface area contributed by atoms with E-state index in [1.54, 1.807) is 48.5 Å². The number of anilines is 1. The third kappa shape index (κ3) is 3.98. The minimum atomic E-state index is -0.875. The van der Waals surface area contributed by atoms with Gasteiger partial charge in [-0.25, -0.2) is 0 Å². The van der Waals surface area contributed by atoms with Gasteiger partial charge in [0.2, 0.25) is 11.5 Å². The Morgan fingerprint density at radius 3 is 2.14 bits per heavy atom. The van der Waals surface area contributed by atoms with E-state index in [9.17, 15) is 9.59 Å². The standard InChI is InChI=1S/C27H21BrClNO7/c1-33-19-8-6-15(12-17(19)29)30-23(13-9-20(34-2)25(36-4)21(10-13)35-3)22-24(31)16-11-14(28)5-7-18(16)37-26(22)27(30)32/h5-12,23H,1-4H3. The molecule has 1 unspecified atom stereocenters. The van der Waals surface area contributed by atoms with Crippen molar-refractivity contribution >= 4 is 50.1 Å². The van der Waals surface area contributed by atoms with Crippen LogP contribution in [0.2, 0.25) is 5.02 Å². The molecule has 1 aliphatic heterocycles. The van der Waals surface area contributed by atoms with Gasteiger partial charge >= 0.3 is 0 Å². The van der Waals surface area contributed by atoms with Crippen LogP contribution in [0.5, 0.6) is 23.0 Å². The average molecular weight is 587 g/mol. The molecule has 4 aromatic rings. The minimum absolute atomic E-state index is 0.0504. The van der Waals surface area contributed by atoms with Crippen LogP contribution < -0.4 is 29.3 Å². The van der Waals surface area contributed by atoms with Gasteiger partial charge in [-0.1, -0.05) is 27.5 Å². The molecule has 1 aromatic heterocycles. The van der Waals surface area contributed by atoms with Crippen LogP contribution in [0, 0.1) is 0 Å². The van der Waals surface area contributed by atoms with Gasteiger partial charge in [-0.05, 0) is 54.1 Å². The molecule has 2 heterocycles. The zero-order valence-electron chi connectivity index (χ0n) is 20.3. The fourth-order valence-corrected chi connectivity index (χ4v) is 5.20. The topological polar surface area (TPSA) is 87.4 Å². The van der Waals surface area contributed by atoms with Gasteiger partial charge in [-0.15, -0.1) is 0 Å². The van der Waals surface area contributed by atoms with E-state index in [0.29, 0.717) is 54.7 Å². The van der Waals surface area contributed by atoms with Crippen molar-refractivity contribution in [2.24, 2.45) is 0 Å². The van der Waals surface area contributed by atoms with E-state index >= 15 is 0 Å². The lowest BCUT2D eigenvalue weighted by atomic mass is 9.97. The molecule has 5 rings (SSSR count). The van der Waals surface area contributed by atoms with Crippen LogP contribution in [-0.2, 0) is 0 Å². The molecule has 8 nitrogen and oxygen atoms in total. The van der Waals surface area contributed by atoms with Gasteiger partial charge in [0, 0.05) is 10.2 Å². The first-order chi connectivity index (χ1) is 17.8. The number of benzene rings is 3. The number of rotatable bonds is 6. The highest BCUT2D eigenvalue weighted by Gasteiger charge is 2.44. The summed E-state index contributed by atoms with van der Waals surface area (Å²) in [5.41, 5.74) is 1.17. The Bertz CT molecular complexity index is 1590. The van der Waals surface area contributed by atoms with Crippen molar-refractivity contribution in [1.82, 2.24) is 0 Å². The van der Waals surface area contributed by atoms with Gasteiger partial charge in [-0.2, -0.15) is 0 Å². The lowest BCUT2D eigenvalue weighted by Gasteiger charge is -2.26. The van der Waals surface area contributed by atoms with Crippen molar-refractivity contribution in [3.05, 3.63) is 85.1 Å². The van der Waals surface area contributed by atoms with E-state index in [1.807, 2.05) is 0 Å². The molecule has 3 aromatic carbocycles. The Labute approximate surface area is 225 Å². The van der Waals surface area contributed by atoms with Crippen molar-refractivity contribution in [3.63, 3.8) is 0 Å². The van der Waals surface area contributed by atoms with Crippen molar-refractivity contribution in [3.8, 4) is 23.0 Å². The van der Waals surface area contributed by atoms with Gasteiger partial charge < -0.3 is 23.4 Å². The molecule has 0 saturated heterocycles. The average Bonchev–Trinajstić information content (AvgIpc) is 3.20. The molecule has 0 fully saturated rings. The zero-order chi connectivity index (χ0) is 26.4. The summed E-state index contributed by atoms with van der Waals surface area (Å²) in [4.78, 5) is 29.2. The van der Waals surface area contributed by atoms with Crippen LogP contribution in [-0.4, -0.2) is 34.3 Å². The number of carbonyl (C=O) groups is 1. The lowest BCUT2D eigenvalue weighted by molar-refractivity contribution is 0.0971. The van der Waals surface area contributed by atoms with Crippen LogP contribution in [0.4, 0.5) is 5.69 Å². The van der Waals surface area contributed by atoms with Crippen molar-refractivity contribution in [2.75, 3.05) is 33.3 Å². The molecule has 1 aliphatic rings. The summed E-state index contributed by atoms with van der Waals surface area (Å²) in [5.74, 6) is 1.04. The number of fused-ring (bicyclic) bond motifs is 2. The van der Waals surface area contributed by atoms with Crippen molar-refractivity contribution in [2.45, 2.75) is 6.04 Å². The molecule has 1 atom stereocenters. The molecule has 1 amide bonds. The SMILES string of the molecule is COc1ccc(N2C(=O)c3oc4ccc(Br)cc4c(=O)c3C2c2cc(OC)c(OC)c(OC)c2)cc1Cl. The van der Waals surface area contributed by atoms with Crippen molar-refractivity contribution < 1.29 is 28.2 Å². The number of amides is 1. The largest absolute Gasteiger partial charge is 0.495 e. The Kier molecular flexibility index (Phi) is 6.51. The molecule has 0 N–H and O–H groups in total. The first-order valence-corrected chi connectivity index (χ1v) is 12.2. The summed E-state index contributed by atoms with van der Waals surface area (Å²) in [6.07, 6.45) is 0. The second kappa shape index (κ2) is 9.64. The number of hydrogen-bond donors (Lipinski definition) is 0. The van der Waals surface area contributed by atoms with E-state index in [0.717, 1.165) is 0 Å². The maximum atomic E-state index is 13.9. The Morgan fingerprint density at radius 1 is 0.865 bits per heavy atom. The molecule has 0 bridgehead atoms. The number of hydrogen-bond acceptors (Lipinski definition) is 7. The number of ether oxygens (including phenoxy) is 4. The highest BCUT2D eigenvalue weighted by molar-refractivity contribution is 9.10. The van der Waals surface area contributed by atoms with Gasteiger partial charge in [0.15, 0.2) is 16.9 Å². The van der Waals surface area contributed by atoms with Crippen LogP contribution in [0.25, 0.3) is 11.0 Å². The molecular formula is C27H21BrClNO7. The van der Waals surface area contributed by atoms with Gasteiger partial charge in [0.25, 0.3) is 5.91 Å². The summed E-state index contributed by atoms with van der Waals surface area (Å²) in [7, 11) is 5.99. The van der Waals surface area contributed by atoms with Gasteiger partial charge in [0.1, 0.15) is 11.3 Å². The zero-order valence-corrected chi connectivity index (χ0v) is 22.6. The Hall–Kier alpha value is -3.69. The van der Waals surface area contributed by atoms with Crippen LogP contribution in [0.1, 0.15) is 27.7 Å². The maximum absolute atomic E-state index is 13.9. The molecule has 190 valence electrons. The molecule has 0 spiro atoms. The molecule has 37 heavy (non-hydrogen) atoms. The quantitative estimate of drug-likeness (QED) is 0.274. The van der Waals surface area contributed by atoms with Crippen LogP contribution in [0.15, 0.2) is 62.2 Å². The van der Waals surface area contributed by atoms with E-state index < -0.39 is 11.9 Å². The number of methoxy groups -OCH3 is 4. The fourth-order valence-electron chi connectivity index (χ4n) is 4.59. The Balaban J connectivity index is 1.83. The maximum Gasteiger partial charge on any atom is 0.295 e. The normalized spacial score (nSPS) is 14.6. The predicted molar refractivity (Wildman–Crippen MR) is 143 cm³/mol. The van der Waals surface area contributed by atoms with E-state index in [1.165, 1.54) is 33.3 Å². The third-order valence-corrected chi connectivity index (χ3v) is 7.04. The molecular weight excluding hydrogens is 566 g/mol. The summed E-state index contributed by atoms with van der Waals surface area (Å²) >= 11 is 9.83. The molecule has 0 saturated carbocycles. The van der Waals surface area contributed by atoms with E-state index in [-0.39, 0.29) is 16.8 Å². The smallest absolute Gasteiger partial charge is 0.295 e. The summed E-state index contributed by atoms with van der Waals surface area (Å²) in [5, 5.41) is 0.647. The minimum Gasteiger partial charge on any atom is -0.495 e. The second-order valence-electron chi connectivity index (χ2n) is 8.17. The summed E-state index contributed by atoms with van der Waals surface area (Å²) in [6, 6.07) is 12.6. The first-order valence-electron chi connectivity index (χ1n) is 11.1. The molecule has 0 aliphatic carbocycles. The molecule has 0 radical (unpaired) electrons. The van der Waals surface area contributed by atoms with E-state index in [4.69, 9.17) is 35.0 Å². The first kappa shape index (κ1) is 25.0. The fraction of sp³-hybridized carbons (Fsp3) is 0.185. The van der Waals surface area contributed by atoms with Crippen molar-refractivity contribution in [1.29, 1.82) is 0 Å². The third-order valence-electron chi connectivity index (χ3n) is 6.25. The lowest BCUT2D eigenvalue weighted by Crippen LogP contribution is -2.29. The van der Waals surface area contributed by atoms with E-state index in [2.05, 4.69) is 15.9 Å². The highest BCUT2D eigenvalue weighted by atomic mass is 79.9. The summed E-state index contributed by atoms with van der Waals surface area (Å²) in [6.45, 7) is 0. The predicted octanol–water partition coefficient (Wildman–Crippen LogP) is 5.99. The van der Waals surface area contributed by atoms with Gasteiger partial charge in [-0.3, -0.25) is 14.5 Å². The highest BCUT2D eigenvalue weighted by Crippen LogP contribution is 2.47. The van der Waals surface area contributed by atoms with Crippen LogP contribution in [0.3, 0.4) is 0 Å². The second-order valence-corrected chi connectivity index (χ2v) is 9.49. The van der Waals surface area contributed by atoms with Gasteiger partial charge in [0.05, 0.1) is 50.5 Å².